The Hall–Kier alpha value is -3.43. The number of hydrogen-bond donors (Lipinski definition) is 4. The van der Waals surface area contributed by atoms with E-state index >= 15 is 0 Å². The molecular weight excluding hydrogens is 350 g/mol. The topological polar surface area (TPSA) is 141 Å². The minimum Gasteiger partial charge on any atom is -0.493 e. The number of nitrogens with one attached hydrogen (secondary N) is 3. The minimum absolute atomic E-state index is 0.0399. The summed E-state index contributed by atoms with van der Waals surface area (Å²) in [6, 6.07) is 1.99. The maximum Gasteiger partial charge on any atom is 0.326 e. The van der Waals surface area contributed by atoms with Crippen molar-refractivity contribution in [2.45, 2.75) is 31.7 Å². The number of imidazole rings is 1. The molecule has 2 aliphatic rings. The summed E-state index contributed by atoms with van der Waals surface area (Å²) in [5.74, 6) is 0.174. The molecule has 27 heavy (non-hydrogen) atoms. The molecule has 4 N–H and O–H groups in total. The number of hydrogen-bond acceptors (Lipinski definition) is 6. The van der Waals surface area contributed by atoms with Crippen molar-refractivity contribution in [2.75, 3.05) is 5.32 Å². The third-order valence-corrected chi connectivity index (χ3v) is 4.58. The van der Waals surface area contributed by atoms with Gasteiger partial charge in [-0.25, -0.2) is 9.78 Å². The van der Waals surface area contributed by atoms with E-state index in [0.717, 1.165) is 25.7 Å². The van der Waals surface area contributed by atoms with Crippen LogP contribution in [0.25, 0.3) is 11.7 Å². The smallest absolute Gasteiger partial charge is 0.326 e. The Morgan fingerprint density at radius 2 is 2.15 bits per heavy atom. The summed E-state index contributed by atoms with van der Waals surface area (Å²) in [6.07, 6.45) is 7.01. The van der Waals surface area contributed by atoms with Gasteiger partial charge in [-0.3, -0.25) is 14.8 Å². The van der Waals surface area contributed by atoms with Crippen LogP contribution in [0.5, 0.6) is 5.88 Å². The van der Waals surface area contributed by atoms with Crippen molar-refractivity contribution >= 4 is 23.4 Å². The summed E-state index contributed by atoms with van der Waals surface area (Å²) in [6.45, 7) is 0. The number of fused-ring (bicyclic) bond motifs is 1. The van der Waals surface area contributed by atoms with E-state index in [4.69, 9.17) is 0 Å². The van der Waals surface area contributed by atoms with E-state index in [9.17, 15) is 14.7 Å². The highest BCUT2D eigenvalue weighted by molar-refractivity contribution is 5.93. The van der Waals surface area contributed by atoms with Gasteiger partial charge < -0.3 is 15.4 Å². The van der Waals surface area contributed by atoms with Crippen molar-refractivity contribution in [1.82, 2.24) is 24.6 Å². The summed E-state index contributed by atoms with van der Waals surface area (Å²) in [5.41, 5.74) is 0.805. The van der Waals surface area contributed by atoms with Gasteiger partial charge >= 0.3 is 5.69 Å². The first-order valence-corrected chi connectivity index (χ1v) is 8.83. The third-order valence-electron chi connectivity index (χ3n) is 4.58. The van der Waals surface area contributed by atoms with Crippen LogP contribution in [0.1, 0.15) is 31.4 Å². The standard InChI is InChI=1S/C17H17N7O3/c25-15(8-1-2-8)22-12-6-13(19-10-3-4-10)24-14(21-12)9(7-18-24)5-11-16(26)23-17(27)20-11/h5-8,10,26H,1-4H2,(H,22,25)(H2,20,23,27). The summed E-state index contributed by atoms with van der Waals surface area (Å²) in [7, 11) is 0. The molecule has 5 rings (SSSR count). The van der Waals surface area contributed by atoms with E-state index in [1.54, 1.807) is 22.9 Å². The second-order valence-corrected chi connectivity index (χ2v) is 6.94. The van der Waals surface area contributed by atoms with Crippen LogP contribution in [-0.4, -0.2) is 41.6 Å². The van der Waals surface area contributed by atoms with Gasteiger partial charge in [-0.15, -0.1) is 0 Å². The van der Waals surface area contributed by atoms with Gasteiger partial charge in [0.25, 0.3) is 0 Å². The van der Waals surface area contributed by atoms with Crippen molar-refractivity contribution in [1.29, 1.82) is 0 Å². The Labute approximate surface area is 151 Å². The number of nitrogens with zero attached hydrogens (tertiary/aromatic N) is 4. The van der Waals surface area contributed by atoms with Crippen LogP contribution in [-0.2, 0) is 4.79 Å². The number of carbonyl (C=O) groups is 1. The average molecular weight is 367 g/mol. The molecule has 0 bridgehead atoms. The van der Waals surface area contributed by atoms with Crippen LogP contribution in [0.15, 0.2) is 22.1 Å². The summed E-state index contributed by atoms with van der Waals surface area (Å²) >= 11 is 0. The second-order valence-electron chi connectivity index (χ2n) is 6.94. The van der Waals surface area contributed by atoms with Crippen LogP contribution in [0.2, 0.25) is 0 Å². The molecule has 3 aromatic heterocycles. The van der Waals surface area contributed by atoms with Crippen LogP contribution in [0.3, 0.4) is 0 Å². The maximum absolute atomic E-state index is 12.1. The summed E-state index contributed by atoms with van der Waals surface area (Å²) in [4.78, 5) is 37.4. The van der Waals surface area contributed by atoms with Crippen molar-refractivity contribution in [2.24, 2.45) is 10.9 Å². The monoisotopic (exact) mass is 367 g/mol. The summed E-state index contributed by atoms with van der Waals surface area (Å²) in [5, 5.41) is 17.5. The number of anilines is 1. The lowest BCUT2D eigenvalue weighted by Crippen LogP contribution is -2.22. The Morgan fingerprint density at radius 1 is 1.33 bits per heavy atom. The van der Waals surface area contributed by atoms with Gasteiger partial charge in [0.15, 0.2) is 11.1 Å². The van der Waals surface area contributed by atoms with E-state index in [1.165, 1.54) is 0 Å². The van der Waals surface area contributed by atoms with Crippen molar-refractivity contribution in [3.8, 4) is 5.88 Å². The van der Waals surface area contributed by atoms with Crippen molar-refractivity contribution in [3.05, 3.63) is 39.1 Å². The van der Waals surface area contributed by atoms with Gasteiger partial charge in [-0.2, -0.15) is 9.61 Å². The van der Waals surface area contributed by atoms with Gasteiger partial charge in [0.05, 0.1) is 12.2 Å². The van der Waals surface area contributed by atoms with Crippen LogP contribution >= 0.6 is 0 Å². The molecule has 2 fully saturated rings. The molecule has 2 aliphatic carbocycles. The Morgan fingerprint density at radius 3 is 2.81 bits per heavy atom. The van der Waals surface area contributed by atoms with E-state index in [0.29, 0.717) is 22.2 Å². The predicted molar refractivity (Wildman–Crippen MR) is 94.8 cm³/mol. The SMILES string of the molecule is O=C(Nc1cc(=NC2CC2)n2ncc(=Cc3[nH]c(=O)[nH]c3O)c2n1)C1CC1. The molecule has 3 heterocycles. The predicted octanol–water partition coefficient (Wildman–Crippen LogP) is -0.589. The van der Waals surface area contributed by atoms with Gasteiger partial charge in [-0.1, -0.05) is 0 Å². The van der Waals surface area contributed by atoms with Gasteiger partial charge in [0.2, 0.25) is 11.8 Å². The molecule has 1 amide bonds. The van der Waals surface area contributed by atoms with Gasteiger partial charge in [-0.05, 0) is 31.8 Å². The molecular formula is C17H17N7O3. The van der Waals surface area contributed by atoms with Crippen LogP contribution in [0.4, 0.5) is 5.82 Å². The fourth-order valence-electron chi connectivity index (χ4n) is 2.83. The molecule has 10 heteroatoms. The third kappa shape index (κ3) is 3.09. The van der Waals surface area contributed by atoms with E-state index < -0.39 is 5.69 Å². The molecule has 0 aliphatic heterocycles. The summed E-state index contributed by atoms with van der Waals surface area (Å²) < 4.78 is 1.60. The first kappa shape index (κ1) is 15.8. The van der Waals surface area contributed by atoms with Crippen molar-refractivity contribution < 1.29 is 9.90 Å². The molecule has 3 aromatic rings. The fraction of sp³-hybridized carbons (Fsp3) is 0.353. The molecule has 138 valence electrons. The van der Waals surface area contributed by atoms with Crippen molar-refractivity contribution in [3.63, 3.8) is 0 Å². The number of carbonyl (C=O) groups excluding carboxylic acids is 1. The molecule has 10 nitrogen and oxygen atoms in total. The lowest BCUT2D eigenvalue weighted by atomic mass is 10.3. The van der Waals surface area contributed by atoms with Crippen LogP contribution < -0.4 is 21.7 Å². The fourth-order valence-corrected chi connectivity index (χ4v) is 2.83. The molecule has 0 atom stereocenters. The highest BCUT2D eigenvalue weighted by Gasteiger charge is 2.30. The van der Waals surface area contributed by atoms with Crippen LogP contribution in [0, 0.1) is 5.92 Å². The minimum atomic E-state index is -0.509. The Balaban J connectivity index is 1.67. The molecule has 0 saturated heterocycles. The molecule has 0 unspecified atom stereocenters. The highest BCUT2D eigenvalue weighted by Crippen LogP contribution is 2.29. The Bertz CT molecular complexity index is 1230. The largest absolute Gasteiger partial charge is 0.493 e. The number of H-pyrrole nitrogens is 2. The number of aromatic hydroxyl groups is 1. The van der Waals surface area contributed by atoms with Gasteiger partial charge in [0, 0.05) is 17.2 Å². The number of rotatable bonds is 4. The number of aromatic amines is 2. The highest BCUT2D eigenvalue weighted by atomic mass is 16.3. The zero-order valence-electron chi connectivity index (χ0n) is 14.3. The number of aromatic nitrogens is 5. The van der Waals surface area contributed by atoms with Gasteiger partial charge in [0.1, 0.15) is 11.5 Å². The lowest BCUT2D eigenvalue weighted by molar-refractivity contribution is -0.117. The second kappa shape index (κ2) is 5.79. The Kier molecular flexibility index (Phi) is 3.39. The average Bonchev–Trinajstić information content (AvgIpc) is 3.53. The molecule has 0 spiro atoms. The zero-order valence-corrected chi connectivity index (χ0v) is 14.3. The lowest BCUT2D eigenvalue weighted by Gasteiger charge is -2.04. The molecule has 2 saturated carbocycles. The number of amides is 1. The first-order chi connectivity index (χ1) is 13.1. The quantitative estimate of drug-likeness (QED) is 0.488. The van der Waals surface area contributed by atoms with E-state index in [-0.39, 0.29) is 29.4 Å². The van der Waals surface area contributed by atoms with E-state index in [2.05, 4.69) is 30.4 Å². The maximum atomic E-state index is 12.1. The molecule has 0 aromatic carbocycles. The molecule has 0 radical (unpaired) electrons. The first-order valence-electron chi connectivity index (χ1n) is 8.83. The van der Waals surface area contributed by atoms with E-state index in [1.807, 2.05) is 0 Å². The normalized spacial score (nSPS) is 18.4. The zero-order chi connectivity index (χ0) is 18.5.